The minimum absolute atomic E-state index is 0.0727. The lowest BCUT2D eigenvalue weighted by Gasteiger charge is -2.32. The lowest BCUT2D eigenvalue weighted by atomic mass is 9.96. The van der Waals surface area contributed by atoms with Gasteiger partial charge >= 0.3 is 5.97 Å². The number of carboxylic acids is 1. The number of carbonyl (C=O) groups is 4. The van der Waals surface area contributed by atoms with Gasteiger partial charge in [0.25, 0.3) is 0 Å². The lowest BCUT2D eigenvalue weighted by molar-refractivity contribution is -0.145. The van der Waals surface area contributed by atoms with E-state index >= 15 is 0 Å². The molecule has 5 unspecified atom stereocenters. The van der Waals surface area contributed by atoms with Gasteiger partial charge in [-0.3, -0.25) is 14.4 Å². The molecule has 1 aromatic rings. The summed E-state index contributed by atoms with van der Waals surface area (Å²) >= 11 is 0. The van der Waals surface area contributed by atoms with Gasteiger partial charge in [-0.1, -0.05) is 46.2 Å². The van der Waals surface area contributed by atoms with Gasteiger partial charge in [0.15, 0.2) is 0 Å². The van der Waals surface area contributed by atoms with E-state index in [4.69, 9.17) is 5.73 Å². The molecule has 6 N–H and O–H groups in total. The number of amides is 3. The first kappa shape index (κ1) is 29.1. The van der Waals surface area contributed by atoms with E-state index in [1.165, 1.54) is 17.0 Å². The molecule has 10 heteroatoms. The number of phenolic OH excluding ortho intramolecular Hbond substituents is 1. The summed E-state index contributed by atoms with van der Waals surface area (Å²) in [4.78, 5) is 52.5. The highest BCUT2D eigenvalue weighted by molar-refractivity contribution is 5.94. The average Bonchev–Trinajstić information content (AvgIpc) is 3.32. The van der Waals surface area contributed by atoms with Crippen molar-refractivity contribution in [3.63, 3.8) is 0 Å². The molecular weight excluding hydrogens is 464 g/mol. The Kier molecular flexibility index (Phi) is 10.7. The molecule has 3 amide bonds. The van der Waals surface area contributed by atoms with E-state index in [-0.39, 0.29) is 36.3 Å². The van der Waals surface area contributed by atoms with Crippen molar-refractivity contribution in [2.75, 3.05) is 6.54 Å². The van der Waals surface area contributed by atoms with Crippen LogP contribution >= 0.6 is 0 Å². The van der Waals surface area contributed by atoms with E-state index in [0.717, 1.165) is 5.56 Å². The van der Waals surface area contributed by atoms with Crippen molar-refractivity contribution in [3.8, 4) is 5.75 Å². The number of nitrogens with one attached hydrogen (secondary N) is 2. The number of hydrogen-bond donors (Lipinski definition) is 5. The van der Waals surface area contributed by atoms with Crippen molar-refractivity contribution in [1.29, 1.82) is 0 Å². The molecule has 0 radical (unpaired) electrons. The third-order valence-electron chi connectivity index (χ3n) is 6.67. The first-order valence-electron chi connectivity index (χ1n) is 12.6. The maximum atomic E-state index is 13.6. The minimum atomic E-state index is -1.11. The summed E-state index contributed by atoms with van der Waals surface area (Å²) < 4.78 is 0. The number of aliphatic carboxylic acids is 1. The highest BCUT2D eigenvalue weighted by atomic mass is 16.4. The molecular formula is C26H40N4O6. The maximum Gasteiger partial charge on any atom is 0.326 e. The van der Waals surface area contributed by atoms with Gasteiger partial charge in [-0.25, -0.2) is 4.79 Å². The second-order valence-corrected chi connectivity index (χ2v) is 10.1. The van der Waals surface area contributed by atoms with Gasteiger partial charge in [-0.2, -0.15) is 0 Å². The molecule has 1 fully saturated rings. The molecule has 10 nitrogen and oxygen atoms in total. The molecule has 1 aliphatic heterocycles. The quantitative estimate of drug-likeness (QED) is 0.287. The van der Waals surface area contributed by atoms with Crippen LogP contribution < -0.4 is 16.4 Å². The number of carbonyl (C=O) groups excluding carboxylic acids is 3. The molecule has 200 valence electrons. The van der Waals surface area contributed by atoms with Crippen LogP contribution in [0, 0.1) is 11.8 Å². The molecule has 1 aromatic carbocycles. The van der Waals surface area contributed by atoms with Gasteiger partial charge in [0.05, 0.1) is 6.04 Å². The van der Waals surface area contributed by atoms with Crippen LogP contribution in [0.25, 0.3) is 0 Å². The second-order valence-electron chi connectivity index (χ2n) is 10.1. The molecule has 1 heterocycles. The zero-order chi connectivity index (χ0) is 27.0. The molecule has 0 aromatic heterocycles. The average molecular weight is 505 g/mol. The summed E-state index contributed by atoms with van der Waals surface area (Å²) in [5, 5.41) is 24.3. The van der Waals surface area contributed by atoms with E-state index in [1.807, 2.05) is 27.7 Å². The van der Waals surface area contributed by atoms with Crippen molar-refractivity contribution in [2.24, 2.45) is 17.6 Å². The number of hydrogen-bond acceptors (Lipinski definition) is 6. The fraction of sp³-hybridized carbons (Fsp3) is 0.615. The lowest BCUT2D eigenvalue weighted by Crippen LogP contribution is -2.58. The Labute approximate surface area is 212 Å². The predicted molar refractivity (Wildman–Crippen MR) is 135 cm³/mol. The van der Waals surface area contributed by atoms with Crippen LogP contribution in [0.3, 0.4) is 0 Å². The number of rotatable bonds is 12. The van der Waals surface area contributed by atoms with Crippen LogP contribution in [0.5, 0.6) is 5.75 Å². The Bertz CT molecular complexity index is 920. The van der Waals surface area contributed by atoms with Crippen molar-refractivity contribution in [1.82, 2.24) is 15.5 Å². The largest absolute Gasteiger partial charge is 0.508 e. The SMILES string of the molecule is CCC(C)C(NC(=O)C(N)Cc1ccc(O)cc1)C(=O)N1CCCC1C(=O)NC(CC(C)C)C(=O)O. The number of carboxylic acid groups (broad SMARTS) is 1. The summed E-state index contributed by atoms with van der Waals surface area (Å²) in [5.41, 5.74) is 6.88. The fourth-order valence-corrected chi connectivity index (χ4v) is 4.36. The van der Waals surface area contributed by atoms with Crippen molar-refractivity contribution >= 4 is 23.7 Å². The van der Waals surface area contributed by atoms with E-state index in [9.17, 15) is 29.4 Å². The normalized spacial score (nSPS) is 18.8. The van der Waals surface area contributed by atoms with Crippen molar-refractivity contribution in [3.05, 3.63) is 29.8 Å². The van der Waals surface area contributed by atoms with Gasteiger partial charge in [0.1, 0.15) is 23.9 Å². The van der Waals surface area contributed by atoms with Crippen LogP contribution in [0.2, 0.25) is 0 Å². The van der Waals surface area contributed by atoms with Crippen LogP contribution in [0.15, 0.2) is 24.3 Å². The Hall–Kier alpha value is -3.14. The maximum absolute atomic E-state index is 13.6. The van der Waals surface area contributed by atoms with E-state index in [0.29, 0.717) is 25.8 Å². The zero-order valence-electron chi connectivity index (χ0n) is 21.6. The van der Waals surface area contributed by atoms with Crippen molar-refractivity contribution in [2.45, 2.75) is 84.0 Å². The standard InChI is InChI=1S/C26H40N4O6/c1-5-16(4)22(29-23(32)19(27)14-17-8-10-18(31)11-9-17)25(34)30-12-6-7-21(30)24(33)28-20(26(35)36)13-15(2)3/h8-11,15-16,19-22,31H,5-7,12-14,27H2,1-4H3,(H,28,33)(H,29,32)(H,35,36). The first-order chi connectivity index (χ1) is 16.9. The van der Waals surface area contributed by atoms with E-state index in [2.05, 4.69) is 10.6 Å². The summed E-state index contributed by atoms with van der Waals surface area (Å²) in [6, 6.07) is 2.79. The third kappa shape index (κ3) is 7.94. The summed E-state index contributed by atoms with van der Waals surface area (Å²) in [7, 11) is 0. The highest BCUT2D eigenvalue weighted by Gasteiger charge is 2.40. The number of likely N-dealkylation sites (tertiary alicyclic amines) is 1. The Morgan fingerprint density at radius 2 is 1.75 bits per heavy atom. The Morgan fingerprint density at radius 3 is 2.31 bits per heavy atom. The molecule has 0 aliphatic carbocycles. The van der Waals surface area contributed by atoms with Crippen LogP contribution in [0.4, 0.5) is 0 Å². The smallest absolute Gasteiger partial charge is 0.326 e. The number of benzene rings is 1. The number of nitrogens with zero attached hydrogens (tertiary/aromatic N) is 1. The summed E-state index contributed by atoms with van der Waals surface area (Å²) in [6.07, 6.45) is 2.16. The van der Waals surface area contributed by atoms with Crippen LogP contribution in [-0.4, -0.2) is 69.5 Å². The van der Waals surface area contributed by atoms with E-state index in [1.54, 1.807) is 12.1 Å². The van der Waals surface area contributed by atoms with Gasteiger partial charge < -0.3 is 31.5 Å². The Balaban J connectivity index is 2.12. The topological polar surface area (TPSA) is 162 Å². The molecule has 0 spiro atoms. The summed E-state index contributed by atoms with van der Waals surface area (Å²) in [6.45, 7) is 7.85. The van der Waals surface area contributed by atoms with E-state index < -0.39 is 42.0 Å². The molecule has 0 bridgehead atoms. The van der Waals surface area contributed by atoms with Crippen LogP contribution in [-0.2, 0) is 25.6 Å². The Morgan fingerprint density at radius 1 is 1.11 bits per heavy atom. The molecule has 1 aliphatic rings. The predicted octanol–water partition coefficient (Wildman–Crippen LogP) is 1.40. The number of nitrogens with two attached hydrogens (primary N) is 1. The molecule has 0 saturated carbocycles. The fourth-order valence-electron chi connectivity index (χ4n) is 4.36. The van der Waals surface area contributed by atoms with Gasteiger partial charge in [-0.05, 0) is 55.2 Å². The van der Waals surface area contributed by atoms with Gasteiger partial charge in [0, 0.05) is 6.54 Å². The molecule has 5 atom stereocenters. The third-order valence-corrected chi connectivity index (χ3v) is 6.67. The van der Waals surface area contributed by atoms with Gasteiger partial charge in [-0.15, -0.1) is 0 Å². The molecule has 36 heavy (non-hydrogen) atoms. The van der Waals surface area contributed by atoms with Gasteiger partial charge in [0.2, 0.25) is 17.7 Å². The van der Waals surface area contributed by atoms with Crippen LogP contribution in [0.1, 0.15) is 58.9 Å². The first-order valence-corrected chi connectivity index (χ1v) is 12.6. The molecule has 1 saturated heterocycles. The highest BCUT2D eigenvalue weighted by Crippen LogP contribution is 2.22. The summed E-state index contributed by atoms with van der Waals surface area (Å²) in [5.74, 6) is -2.48. The minimum Gasteiger partial charge on any atom is -0.508 e. The molecule has 2 rings (SSSR count). The van der Waals surface area contributed by atoms with Crippen molar-refractivity contribution < 1.29 is 29.4 Å². The number of aromatic hydroxyl groups is 1. The number of phenols is 1. The zero-order valence-corrected chi connectivity index (χ0v) is 21.6. The monoisotopic (exact) mass is 504 g/mol. The second kappa shape index (κ2) is 13.2.